The Balaban J connectivity index is 1.48. The van der Waals surface area contributed by atoms with Gasteiger partial charge in [0, 0.05) is 62.2 Å². The summed E-state index contributed by atoms with van der Waals surface area (Å²) in [5, 5.41) is 2.94. The lowest BCUT2D eigenvalue weighted by molar-refractivity contribution is -0.121. The van der Waals surface area contributed by atoms with Crippen molar-refractivity contribution in [3.8, 4) is 39.0 Å². The second kappa shape index (κ2) is 25.3. The van der Waals surface area contributed by atoms with Crippen LogP contribution >= 0.6 is 56.7 Å². The zero-order valence-electron chi connectivity index (χ0n) is 36.1. The summed E-state index contributed by atoms with van der Waals surface area (Å²) in [5.41, 5.74) is 4.61. The second-order valence-electron chi connectivity index (χ2n) is 16.0. The van der Waals surface area contributed by atoms with Crippen LogP contribution in [0.3, 0.4) is 0 Å². The van der Waals surface area contributed by atoms with Gasteiger partial charge in [-0.15, -0.1) is 56.7 Å². The fourth-order valence-corrected chi connectivity index (χ4v) is 13.7. The summed E-state index contributed by atoms with van der Waals surface area (Å²) in [5.74, 6) is -0.182. The molecule has 1 amide bonds. The number of nitrogens with one attached hydrogen (secondary N) is 1. The first-order chi connectivity index (χ1) is 28.4. The summed E-state index contributed by atoms with van der Waals surface area (Å²) in [7, 11) is 0. The van der Waals surface area contributed by atoms with Crippen LogP contribution in [0.25, 0.3) is 43.9 Å². The molecule has 5 aromatic heterocycles. The van der Waals surface area contributed by atoms with E-state index in [1.807, 2.05) is 34.0 Å². The highest BCUT2D eigenvalue weighted by molar-refractivity contribution is 7.30. The normalized spacial score (nSPS) is 12.0. The van der Waals surface area contributed by atoms with Gasteiger partial charge in [0.15, 0.2) is 0 Å². The minimum atomic E-state index is -0.632. The smallest absolute Gasteiger partial charge is 0.302 e. The molecule has 3 nitrogen and oxygen atoms in total. The van der Waals surface area contributed by atoms with Crippen LogP contribution in [0.2, 0.25) is 0 Å². The lowest BCUT2D eigenvalue weighted by Crippen LogP contribution is -2.32. The second-order valence-corrected chi connectivity index (χ2v) is 21.5. The van der Waals surface area contributed by atoms with Crippen molar-refractivity contribution in [2.24, 2.45) is 0 Å². The Hall–Kier alpha value is -2.54. The van der Waals surface area contributed by atoms with Crippen LogP contribution in [0, 0.1) is 6.57 Å². The van der Waals surface area contributed by atoms with Crippen molar-refractivity contribution in [3.63, 3.8) is 0 Å². The Morgan fingerprint density at radius 3 is 1.43 bits per heavy atom. The first kappa shape index (κ1) is 46.5. The van der Waals surface area contributed by atoms with Crippen molar-refractivity contribution >= 4 is 62.6 Å². The molecule has 0 saturated heterocycles. The Bertz CT molecular complexity index is 2000. The highest BCUT2D eigenvalue weighted by atomic mass is 32.1. The first-order valence-electron chi connectivity index (χ1n) is 22.6. The SMILES string of the molecule is [C-]#[N+][C@@H](C)C(=O)NCCc1ccc(-c2cc(CCCCCC)c(-c3cc(CCCCCC)c(-c4cc(CCCCCC)c(-c5ccc(CCCCCC)s5)s4)s3)s2)s1. The van der Waals surface area contributed by atoms with Crippen LogP contribution < -0.4 is 5.32 Å². The lowest BCUT2D eigenvalue weighted by Gasteiger charge is -2.02. The van der Waals surface area contributed by atoms with Gasteiger partial charge in [0.2, 0.25) is 0 Å². The van der Waals surface area contributed by atoms with Gasteiger partial charge in [0.05, 0.1) is 0 Å². The molecule has 5 heterocycles. The third-order valence-electron chi connectivity index (χ3n) is 11.1. The Morgan fingerprint density at radius 1 is 0.517 bits per heavy atom. The topological polar surface area (TPSA) is 33.5 Å². The summed E-state index contributed by atoms with van der Waals surface area (Å²) < 4.78 is 0. The van der Waals surface area contributed by atoms with E-state index in [0.29, 0.717) is 6.54 Å². The zero-order valence-corrected chi connectivity index (χ0v) is 40.2. The Morgan fingerprint density at radius 2 is 0.931 bits per heavy atom. The molecule has 0 radical (unpaired) electrons. The maximum atomic E-state index is 12.2. The quantitative estimate of drug-likeness (QED) is 0.0394. The highest BCUT2D eigenvalue weighted by Gasteiger charge is 2.22. The number of hydrogen-bond acceptors (Lipinski definition) is 6. The minimum Gasteiger partial charge on any atom is -0.349 e. The maximum absolute atomic E-state index is 12.2. The number of carbonyl (C=O) groups is 1. The minimum absolute atomic E-state index is 0.182. The highest BCUT2D eigenvalue weighted by Crippen LogP contribution is 2.50. The molecule has 5 aromatic rings. The van der Waals surface area contributed by atoms with Gasteiger partial charge in [0.1, 0.15) is 0 Å². The Kier molecular flexibility index (Phi) is 20.3. The van der Waals surface area contributed by atoms with E-state index in [0.717, 1.165) is 19.3 Å². The molecular formula is C50H68N2OS5. The molecular weight excluding hydrogens is 805 g/mol. The average Bonchev–Trinajstić information content (AvgIpc) is 4.08. The van der Waals surface area contributed by atoms with E-state index in [-0.39, 0.29) is 5.91 Å². The monoisotopic (exact) mass is 872 g/mol. The van der Waals surface area contributed by atoms with Crippen molar-refractivity contribution in [1.82, 2.24) is 5.32 Å². The summed E-state index contributed by atoms with van der Waals surface area (Å²) in [6, 6.07) is 16.4. The number of rotatable bonds is 28. The van der Waals surface area contributed by atoms with Gasteiger partial charge in [-0.05, 0) is 117 Å². The van der Waals surface area contributed by atoms with Gasteiger partial charge < -0.3 is 10.2 Å². The predicted octanol–water partition coefficient (Wildman–Crippen LogP) is 17.1. The van der Waals surface area contributed by atoms with Crippen LogP contribution in [0.15, 0.2) is 42.5 Å². The maximum Gasteiger partial charge on any atom is 0.302 e. The average molecular weight is 873 g/mol. The molecule has 0 aliphatic rings. The molecule has 1 N–H and O–H groups in total. The summed E-state index contributed by atoms with van der Waals surface area (Å²) in [4.78, 5) is 29.9. The molecule has 0 fully saturated rings. The van der Waals surface area contributed by atoms with Crippen molar-refractivity contribution in [2.45, 2.75) is 175 Å². The van der Waals surface area contributed by atoms with Crippen molar-refractivity contribution in [3.05, 3.63) is 80.3 Å². The summed E-state index contributed by atoms with van der Waals surface area (Å²) in [6.45, 7) is 18.6. The molecule has 0 aliphatic carbocycles. The van der Waals surface area contributed by atoms with E-state index in [4.69, 9.17) is 6.57 Å². The molecule has 0 unspecified atom stereocenters. The van der Waals surface area contributed by atoms with E-state index in [2.05, 4.69) is 103 Å². The number of unbranched alkanes of at least 4 members (excludes halogenated alkanes) is 12. The third kappa shape index (κ3) is 13.7. The molecule has 0 saturated carbocycles. The van der Waals surface area contributed by atoms with E-state index < -0.39 is 6.04 Å². The molecule has 5 rings (SSSR count). The van der Waals surface area contributed by atoms with Crippen LogP contribution in [-0.2, 0) is 36.9 Å². The fourth-order valence-electron chi connectivity index (χ4n) is 7.56. The fraction of sp³-hybridized carbons (Fsp3) is 0.560. The zero-order chi connectivity index (χ0) is 41.1. The number of thiophene rings is 5. The molecule has 0 aliphatic heterocycles. The molecule has 58 heavy (non-hydrogen) atoms. The van der Waals surface area contributed by atoms with Crippen LogP contribution in [0.1, 0.15) is 164 Å². The number of nitrogens with zero attached hydrogens (tertiary/aromatic N) is 1. The van der Waals surface area contributed by atoms with Gasteiger partial charge in [-0.2, -0.15) is 0 Å². The van der Waals surface area contributed by atoms with E-state index >= 15 is 0 Å². The van der Waals surface area contributed by atoms with Gasteiger partial charge in [-0.3, -0.25) is 4.79 Å². The van der Waals surface area contributed by atoms with Crippen LogP contribution in [0.5, 0.6) is 0 Å². The molecule has 0 aromatic carbocycles. The van der Waals surface area contributed by atoms with Crippen LogP contribution in [0.4, 0.5) is 0 Å². The van der Waals surface area contributed by atoms with Gasteiger partial charge in [-0.25, -0.2) is 6.57 Å². The van der Waals surface area contributed by atoms with Gasteiger partial charge in [0.25, 0.3) is 6.04 Å². The molecule has 0 bridgehead atoms. The predicted molar refractivity (Wildman–Crippen MR) is 262 cm³/mol. The van der Waals surface area contributed by atoms with E-state index in [9.17, 15) is 4.79 Å². The number of hydrogen-bond donors (Lipinski definition) is 1. The van der Waals surface area contributed by atoms with Crippen molar-refractivity contribution in [2.75, 3.05) is 6.54 Å². The van der Waals surface area contributed by atoms with Gasteiger partial charge >= 0.3 is 5.91 Å². The molecule has 1 atom stereocenters. The summed E-state index contributed by atoms with van der Waals surface area (Å²) >= 11 is 10.00. The standard InChI is InChI=1S/C50H68N2OS5/c1-7-11-15-19-23-37-33-44(42-29-27-41(54-42)31-32-52-50(53)36(5)51-6)56-48(37)45-35-39(25-21-17-13-9-3)49(58-45)46-34-38(24-20-16-12-8-2)47(57-46)43-30-28-40(55-43)26-22-18-14-10-4/h27-30,33-36H,7-26,31-32H2,1-5H3,(H,52,53)/t36-/m0/s1. The molecule has 0 spiro atoms. The third-order valence-corrected chi connectivity index (χ3v) is 17.6. The Labute approximate surface area is 371 Å². The van der Waals surface area contributed by atoms with Crippen molar-refractivity contribution < 1.29 is 4.79 Å². The number of amides is 1. The van der Waals surface area contributed by atoms with Gasteiger partial charge in [-0.1, -0.05) is 105 Å². The molecule has 314 valence electrons. The lowest BCUT2D eigenvalue weighted by atomic mass is 10.0. The van der Waals surface area contributed by atoms with Crippen LogP contribution in [-0.4, -0.2) is 18.5 Å². The van der Waals surface area contributed by atoms with E-state index in [1.165, 1.54) is 165 Å². The van der Waals surface area contributed by atoms with E-state index in [1.54, 1.807) is 22.9 Å². The summed E-state index contributed by atoms with van der Waals surface area (Å²) in [6.07, 6.45) is 26.1. The first-order valence-corrected chi connectivity index (χ1v) is 26.7. The molecule has 8 heteroatoms. The largest absolute Gasteiger partial charge is 0.349 e. The number of aryl methyl sites for hydroxylation is 4. The van der Waals surface area contributed by atoms with Crippen molar-refractivity contribution in [1.29, 1.82) is 0 Å². The number of carbonyl (C=O) groups excluding carboxylic acids is 1.